The fraction of sp³-hybridized carbons (Fsp3) is 0. The Morgan fingerprint density at radius 2 is 2.00 bits per heavy atom. The minimum atomic E-state index is -0.507. The van der Waals surface area contributed by atoms with Crippen LogP contribution in [0.1, 0.15) is 0 Å². The zero-order chi connectivity index (χ0) is 11.5. The molecule has 0 amide bonds. The molecule has 0 bridgehead atoms. The predicted octanol–water partition coefficient (Wildman–Crippen LogP) is 2.22. The van der Waals surface area contributed by atoms with Gasteiger partial charge in [-0.25, -0.2) is 15.2 Å². The first-order chi connectivity index (χ1) is 7.72. The van der Waals surface area contributed by atoms with Gasteiger partial charge in [-0.3, -0.25) is 4.98 Å². The molecule has 4 nitrogen and oxygen atoms in total. The Balaban J connectivity index is 2.54. The van der Waals surface area contributed by atoms with E-state index in [9.17, 15) is 4.39 Å². The number of nitrogens with one attached hydrogen (secondary N) is 1. The molecule has 0 aliphatic rings. The Bertz CT molecular complexity index is 518. The quantitative estimate of drug-likeness (QED) is 0.622. The van der Waals surface area contributed by atoms with Gasteiger partial charge in [-0.15, -0.1) is 0 Å². The topological polar surface area (TPSA) is 63.8 Å². The van der Waals surface area contributed by atoms with Crippen molar-refractivity contribution in [2.45, 2.75) is 0 Å². The third-order valence-corrected chi connectivity index (χ3v) is 2.33. The second-order valence-corrected chi connectivity index (χ2v) is 3.43. The van der Waals surface area contributed by atoms with Crippen LogP contribution in [0.25, 0.3) is 11.3 Å². The van der Waals surface area contributed by atoms with E-state index < -0.39 is 5.82 Å². The summed E-state index contributed by atoms with van der Waals surface area (Å²) in [6.07, 6.45) is 2.99. The van der Waals surface area contributed by atoms with Gasteiger partial charge in [-0.2, -0.15) is 0 Å². The van der Waals surface area contributed by atoms with Gasteiger partial charge in [0.05, 0.1) is 5.02 Å². The highest BCUT2D eigenvalue weighted by atomic mass is 35.5. The lowest BCUT2D eigenvalue weighted by atomic mass is 10.1. The van der Waals surface area contributed by atoms with Gasteiger partial charge in [0.15, 0.2) is 5.82 Å². The van der Waals surface area contributed by atoms with Crippen molar-refractivity contribution < 1.29 is 4.39 Å². The summed E-state index contributed by atoms with van der Waals surface area (Å²) in [5, 5.41) is 0.0647. The number of hydrogen-bond acceptors (Lipinski definition) is 4. The van der Waals surface area contributed by atoms with Crippen LogP contribution in [-0.4, -0.2) is 9.97 Å². The van der Waals surface area contributed by atoms with Crippen molar-refractivity contribution in [2.75, 3.05) is 5.43 Å². The molecule has 1 aromatic heterocycles. The smallest absolute Gasteiger partial charge is 0.166 e. The number of hydrazine groups is 1. The molecule has 0 spiro atoms. The van der Waals surface area contributed by atoms with E-state index >= 15 is 0 Å². The average molecular weight is 239 g/mol. The monoisotopic (exact) mass is 238 g/mol. The maximum absolute atomic E-state index is 13.3. The highest BCUT2D eigenvalue weighted by molar-refractivity contribution is 6.30. The number of benzene rings is 1. The summed E-state index contributed by atoms with van der Waals surface area (Å²) in [6, 6.07) is 4.39. The molecule has 0 unspecified atom stereocenters. The molecule has 16 heavy (non-hydrogen) atoms. The van der Waals surface area contributed by atoms with Crippen LogP contribution in [-0.2, 0) is 0 Å². The van der Waals surface area contributed by atoms with Gasteiger partial charge in [0.2, 0.25) is 0 Å². The molecule has 82 valence electrons. The Kier molecular flexibility index (Phi) is 2.98. The number of aromatic nitrogens is 2. The fourth-order valence-corrected chi connectivity index (χ4v) is 1.42. The lowest BCUT2D eigenvalue weighted by Crippen LogP contribution is -2.10. The Morgan fingerprint density at radius 3 is 2.69 bits per heavy atom. The number of halogens is 2. The van der Waals surface area contributed by atoms with E-state index in [0.29, 0.717) is 17.1 Å². The Hall–Kier alpha value is -1.72. The van der Waals surface area contributed by atoms with E-state index in [1.807, 2.05) is 0 Å². The van der Waals surface area contributed by atoms with Crippen molar-refractivity contribution in [2.24, 2.45) is 5.84 Å². The van der Waals surface area contributed by atoms with Crippen molar-refractivity contribution >= 4 is 17.4 Å². The molecule has 0 radical (unpaired) electrons. The summed E-state index contributed by atoms with van der Waals surface area (Å²) in [6.45, 7) is 0. The number of nitrogens with two attached hydrogens (primary N) is 1. The second kappa shape index (κ2) is 4.42. The molecule has 6 heteroatoms. The summed E-state index contributed by atoms with van der Waals surface area (Å²) >= 11 is 5.59. The predicted molar refractivity (Wildman–Crippen MR) is 60.2 cm³/mol. The van der Waals surface area contributed by atoms with Crippen LogP contribution in [0.5, 0.6) is 0 Å². The van der Waals surface area contributed by atoms with Crippen LogP contribution in [0.3, 0.4) is 0 Å². The molecule has 1 aromatic carbocycles. The maximum atomic E-state index is 13.3. The highest BCUT2D eigenvalue weighted by Crippen LogP contribution is 2.26. The van der Waals surface area contributed by atoms with Crippen molar-refractivity contribution in [1.82, 2.24) is 9.97 Å². The Morgan fingerprint density at radius 1 is 1.25 bits per heavy atom. The van der Waals surface area contributed by atoms with Crippen LogP contribution in [0.2, 0.25) is 5.02 Å². The van der Waals surface area contributed by atoms with Crippen molar-refractivity contribution in [3.63, 3.8) is 0 Å². The van der Waals surface area contributed by atoms with E-state index in [2.05, 4.69) is 15.4 Å². The third-order valence-electron chi connectivity index (χ3n) is 2.03. The zero-order valence-corrected chi connectivity index (χ0v) is 8.87. The first-order valence-corrected chi connectivity index (χ1v) is 4.83. The van der Waals surface area contributed by atoms with Gasteiger partial charge in [-0.05, 0) is 12.1 Å². The third kappa shape index (κ3) is 1.95. The lowest BCUT2D eigenvalue weighted by molar-refractivity contribution is 0.628. The van der Waals surface area contributed by atoms with Crippen molar-refractivity contribution in [3.05, 3.63) is 41.4 Å². The SMILES string of the molecule is NNc1nccnc1-c1ccc(Cl)c(F)c1. The van der Waals surface area contributed by atoms with Gasteiger partial charge in [-0.1, -0.05) is 17.7 Å². The first kappa shape index (κ1) is 10.8. The van der Waals surface area contributed by atoms with E-state index in [0.717, 1.165) is 0 Å². The number of hydrogen-bond donors (Lipinski definition) is 2. The van der Waals surface area contributed by atoms with Crippen molar-refractivity contribution in [3.8, 4) is 11.3 Å². The van der Waals surface area contributed by atoms with E-state index in [1.54, 1.807) is 6.07 Å². The Labute approximate surface area is 96.3 Å². The van der Waals surface area contributed by atoms with Gasteiger partial charge in [0.25, 0.3) is 0 Å². The van der Waals surface area contributed by atoms with Crippen molar-refractivity contribution in [1.29, 1.82) is 0 Å². The van der Waals surface area contributed by atoms with Crippen LogP contribution in [0.4, 0.5) is 10.2 Å². The van der Waals surface area contributed by atoms with Crippen LogP contribution >= 0.6 is 11.6 Å². The van der Waals surface area contributed by atoms with E-state index in [4.69, 9.17) is 17.4 Å². The molecule has 3 N–H and O–H groups in total. The molecule has 1 heterocycles. The molecule has 0 fully saturated rings. The molecule has 0 atom stereocenters. The van der Waals surface area contributed by atoms with E-state index in [-0.39, 0.29) is 5.02 Å². The lowest BCUT2D eigenvalue weighted by Gasteiger charge is -2.06. The standard InChI is InChI=1S/C10H8ClFN4/c11-7-2-1-6(5-8(7)12)9-10(16-13)15-4-3-14-9/h1-5H,13H2,(H,15,16). The number of nitrogens with zero attached hydrogens (tertiary/aromatic N) is 2. The molecular formula is C10H8ClFN4. The zero-order valence-electron chi connectivity index (χ0n) is 8.11. The van der Waals surface area contributed by atoms with Gasteiger partial charge >= 0.3 is 0 Å². The summed E-state index contributed by atoms with van der Waals surface area (Å²) in [5.41, 5.74) is 3.43. The van der Waals surface area contributed by atoms with Crippen LogP contribution in [0.15, 0.2) is 30.6 Å². The molecule has 2 aromatic rings. The second-order valence-electron chi connectivity index (χ2n) is 3.03. The van der Waals surface area contributed by atoms with Crippen LogP contribution in [0, 0.1) is 5.82 Å². The molecule has 0 aliphatic heterocycles. The summed E-state index contributed by atoms with van der Waals surface area (Å²) in [5.74, 6) is 5.16. The fourth-order valence-electron chi connectivity index (χ4n) is 1.30. The van der Waals surface area contributed by atoms with Gasteiger partial charge in [0, 0.05) is 18.0 Å². The molecule has 2 rings (SSSR count). The highest BCUT2D eigenvalue weighted by Gasteiger charge is 2.08. The maximum Gasteiger partial charge on any atom is 0.166 e. The average Bonchev–Trinajstić information content (AvgIpc) is 2.32. The number of rotatable bonds is 2. The number of nitrogen functional groups attached to an aromatic ring is 1. The van der Waals surface area contributed by atoms with Crippen LogP contribution < -0.4 is 11.3 Å². The number of anilines is 1. The first-order valence-electron chi connectivity index (χ1n) is 4.45. The molecule has 0 saturated carbocycles. The summed E-state index contributed by atoms with van der Waals surface area (Å²) in [7, 11) is 0. The largest absolute Gasteiger partial charge is 0.307 e. The normalized spacial score (nSPS) is 10.2. The summed E-state index contributed by atoms with van der Waals surface area (Å²) < 4.78 is 13.3. The van der Waals surface area contributed by atoms with Gasteiger partial charge in [0.1, 0.15) is 11.5 Å². The minimum absolute atomic E-state index is 0.0647. The summed E-state index contributed by atoms with van der Waals surface area (Å²) in [4.78, 5) is 8.05. The minimum Gasteiger partial charge on any atom is -0.307 e. The molecule has 0 aliphatic carbocycles. The molecule has 0 saturated heterocycles. The van der Waals surface area contributed by atoms with Gasteiger partial charge < -0.3 is 5.43 Å². The molecular weight excluding hydrogens is 231 g/mol. The van der Waals surface area contributed by atoms with E-state index in [1.165, 1.54) is 24.5 Å².